The van der Waals surface area contributed by atoms with Gasteiger partial charge in [-0.3, -0.25) is 0 Å². The highest BCUT2D eigenvalue weighted by Crippen LogP contribution is 2.26. The lowest BCUT2D eigenvalue weighted by atomic mass is 10.2. The van der Waals surface area contributed by atoms with Crippen LogP contribution in [0.15, 0.2) is 46.9 Å². The summed E-state index contributed by atoms with van der Waals surface area (Å²) in [5.41, 5.74) is 2.24. The van der Waals surface area contributed by atoms with Gasteiger partial charge in [-0.25, -0.2) is 0 Å². The SMILES string of the molecule is COc1ccc(COc2ccc(Br)cc2CBr)cc1. The lowest BCUT2D eigenvalue weighted by Gasteiger charge is -2.11. The second kappa shape index (κ2) is 6.96. The highest BCUT2D eigenvalue weighted by molar-refractivity contribution is 9.10. The first kappa shape index (κ1) is 14.4. The quantitative estimate of drug-likeness (QED) is 0.679. The molecule has 0 aliphatic heterocycles. The van der Waals surface area contributed by atoms with E-state index in [1.807, 2.05) is 36.4 Å². The van der Waals surface area contributed by atoms with E-state index in [4.69, 9.17) is 9.47 Å². The van der Waals surface area contributed by atoms with Gasteiger partial charge in [-0.2, -0.15) is 0 Å². The van der Waals surface area contributed by atoms with Crippen LogP contribution in [0.1, 0.15) is 11.1 Å². The van der Waals surface area contributed by atoms with Crippen LogP contribution in [-0.4, -0.2) is 7.11 Å². The zero-order chi connectivity index (χ0) is 13.7. The molecule has 0 amide bonds. The number of hydrogen-bond acceptors (Lipinski definition) is 2. The normalized spacial score (nSPS) is 10.3. The Kier molecular flexibility index (Phi) is 5.28. The molecule has 0 heterocycles. The Hall–Kier alpha value is -1.000. The predicted molar refractivity (Wildman–Crippen MR) is 84.1 cm³/mol. The van der Waals surface area contributed by atoms with Crippen LogP contribution in [0.25, 0.3) is 0 Å². The molecule has 0 atom stereocenters. The summed E-state index contributed by atoms with van der Waals surface area (Å²) in [5.74, 6) is 1.75. The molecule has 19 heavy (non-hydrogen) atoms. The molecular weight excluding hydrogens is 372 g/mol. The molecule has 2 nitrogen and oxygen atoms in total. The predicted octanol–water partition coefficient (Wildman–Crippen LogP) is 4.93. The minimum Gasteiger partial charge on any atom is -0.497 e. The standard InChI is InChI=1S/C15H14Br2O2/c1-18-14-5-2-11(3-6-14)10-19-15-7-4-13(17)8-12(15)9-16/h2-8H,9-10H2,1H3. The lowest BCUT2D eigenvalue weighted by Crippen LogP contribution is -1.98. The van der Waals surface area contributed by atoms with Crippen molar-refractivity contribution in [3.05, 3.63) is 58.1 Å². The molecule has 0 saturated carbocycles. The summed E-state index contributed by atoms with van der Waals surface area (Å²) in [6.07, 6.45) is 0. The van der Waals surface area contributed by atoms with Crippen LogP contribution in [0, 0.1) is 0 Å². The Morgan fingerprint density at radius 3 is 2.42 bits per heavy atom. The van der Waals surface area contributed by atoms with E-state index in [9.17, 15) is 0 Å². The Balaban J connectivity index is 2.05. The summed E-state index contributed by atoms with van der Waals surface area (Å²) >= 11 is 6.93. The van der Waals surface area contributed by atoms with Gasteiger partial charge in [-0.1, -0.05) is 44.0 Å². The fraction of sp³-hybridized carbons (Fsp3) is 0.200. The molecule has 4 heteroatoms. The molecule has 0 saturated heterocycles. The number of alkyl halides is 1. The van der Waals surface area contributed by atoms with Crippen molar-refractivity contribution >= 4 is 31.9 Å². The Morgan fingerprint density at radius 2 is 1.79 bits per heavy atom. The van der Waals surface area contributed by atoms with Gasteiger partial charge < -0.3 is 9.47 Å². The third-order valence-corrected chi connectivity index (χ3v) is 3.82. The lowest BCUT2D eigenvalue weighted by molar-refractivity contribution is 0.303. The van der Waals surface area contributed by atoms with E-state index >= 15 is 0 Å². The third-order valence-electron chi connectivity index (χ3n) is 2.72. The van der Waals surface area contributed by atoms with Gasteiger partial charge in [0.1, 0.15) is 18.1 Å². The maximum Gasteiger partial charge on any atom is 0.123 e. The van der Waals surface area contributed by atoms with E-state index in [0.717, 1.165) is 32.4 Å². The van der Waals surface area contributed by atoms with E-state index in [1.54, 1.807) is 7.11 Å². The number of hydrogen-bond donors (Lipinski definition) is 0. The molecule has 0 N–H and O–H groups in total. The minimum absolute atomic E-state index is 0.547. The Labute approximate surface area is 130 Å². The summed E-state index contributed by atoms with van der Waals surface area (Å²) in [7, 11) is 1.66. The summed E-state index contributed by atoms with van der Waals surface area (Å²) in [6.45, 7) is 0.547. The van der Waals surface area contributed by atoms with Crippen LogP contribution in [0.4, 0.5) is 0 Å². The zero-order valence-corrected chi connectivity index (χ0v) is 13.7. The molecule has 100 valence electrons. The maximum absolute atomic E-state index is 5.85. The van der Waals surface area contributed by atoms with Crippen LogP contribution in [0.5, 0.6) is 11.5 Å². The van der Waals surface area contributed by atoms with Crippen LogP contribution < -0.4 is 9.47 Å². The van der Waals surface area contributed by atoms with Crippen molar-refractivity contribution in [3.8, 4) is 11.5 Å². The van der Waals surface area contributed by atoms with Gasteiger partial charge in [0.25, 0.3) is 0 Å². The van der Waals surface area contributed by atoms with Crippen molar-refractivity contribution in [2.75, 3.05) is 7.11 Å². The molecule has 2 aromatic carbocycles. The zero-order valence-electron chi connectivity index (χ0n) is 10.5. The fourth-order valence-electron chi connectivity index (χ4n) is 1.68. The molecule has 0 bridgehead atoms. The van der Waals surface area contributed by atoms with E-state index < -0.39 is 0 Å². The van der Waals surface area contributed by atoms with Crippen LogP contribution in [0.2, 0.25) is 0 Å². The highest BCUT2D eigenvalue weighted by atomic mass is 79.9. The van der Waals surface area contributed by atoms with Gasteiger partial charge in [0.05, 0.1) is 7.11 Å². The van der Waals surface area contributed by atoms with Crippen molar-refractivity contribution in [1.29, 1.82) is 0 Å². The number of rotatable bonds is 5. The van der Waals surface area contributed by atoms with Gasteiger partial charge in [0, 0.05) is 15.4 Å². The van der Waals surface area contributed by atoms with E-state index in [-0.39, 0.29) is 0 Å². The molecule has 0 unspecified atom stereocenters. The summed E-state index contributed by atoms with van der Waals surface area (Å²) in [5, 5.41) is 0.768. The summed E-state index contributed by atoms with van der Waals surface area (Å²) in [6, 6.07) is 13.9. The van der Waals surface area contributed by atoms with E-state index in [0.29, 0.717) is 6.61 Å². The van der Waals surface area contributed by atoms with Crippen LogP contribution >= 0.6 is 31.9 Å². The molecule has 2 aromatic rings. The minimum atomic E-state index is 0.547. The number of ether oxygens (including phenoxy) is 2. The first-order valence-corrected chi connectivity index (χ1v) is 7.74. The maximum atomic E-state index is 5.85. The van der Waals surface area contributed by atoms with Crippen molar-refractivity contribution in [3.63, 3.8) is 0 Å². The van der Waals surface area contributed by atoms with Crippen molar-refractivity contribution < 1.29 is 9.47 Å². The van der Waals surface area contributed by atoms with Crippen molar-refractivity contribution in [2.45, 2.75) is 11.9 Å². The van der Waals surface area contributed by atoms with Crippen molar-refractivity contribution in [1.82, 2.24) is 0 Å². The second-order valence-electron chi connectivity index (χ2n) is 4.02. The van der Waals surface area contributed by atoms with Gasteiger partial charge >= 0.3 is 0 Å². The van der Waals surface area contributed by atoms with Gasteiger partial charge in [0.15, 0.2) is 0 Å². The first-order valence-electron chi connectivity index (χ1n) is 5.83. The molecule has 2 rings (SSSR count). The van der Waals surface area contributed by atoms with Gasteiger partial charge in [-0.05, 0) is 35.9 Å². The van der Waals surface area contributed by atoms with E-state index in [2.05, 4.69) is 37.9 Å². The number of benzene rings is 2. The second-order valence-corrected chi connectivity index (χ2v) is 5.50. The average molecular weight is 386 g/mol. The fourth-order valence-corrected chi connectivity index (χ4v) is 2.52. The monoisotopic (exact) mass is 384 g/mol. The van der Waals surface area contributed by atoms with Crippen molar-refractivity contribution in [2.24, 2.45) is 0 Å². The molecule has 0 aliphatic rings. The molecule has 0 aliphatic carbocycles. The molecule has 0 fully saturated rings. The highest BCUT2D eigenvalue weighted by Gasteiger charge is 2.04. The van der Waals surface area contributed by atoms with E-state index in [1.165, 1.54) is 0 Å². The smallest absolute Gasteiger partial charge is 0.123 e. The molecular formula is C15H14Br2O2. The topological polar surface area (TPSA) is 18.5 Å². The summed E-state index contributed by atoms with van der Waals surface area (Å²) < 4.78 is 12.0. The largest absolute Gasteiger partial charge is 0.497 e. The number of halogens is 2. The molecule has 0 spiro atoms. The van der Waals surface area contributed by atoms with Gasteiger partial charge in [0.2, 0.25) is 0 Å². The molecule has 0 aromatic heterocycles. The van der Waals surface area contributed by atoms with Crippen LogP contribution in [0.3, 0.4) is 0 Å². The van der Waals surface area contributed by atoms with Gasteiger partial charge in [-0.15, -0.1) is 0 Å². The van der Waals surface area contributed by atoms with Crippen LogP contribution in [-0.2, 0) is 11.9 Å². The third kappa shape index (κ3) is 3.98. The Morgan fingerprint density at radius 1 is 1.05 bits per heavy atom. The summed E-state index contributed by atoms with van der Waals surface area (Å²) in [4.78, 5) is 0. The Bertz CT molecular complexity index is 538. The molecule has 0 radical (unpaired) electrons. The number of methoxy groups -OCH3 is 1. The first-order chi connectivity index (χ1) is 9.22. The average Bonchev–Trinajstić information content (AvgIpc) is 2.46.